The predicted molar refractivity (Wildman–Crippen MR) is 89.1 cm³/mol. The zero-order chi connectivity index (χ0) is 17.1. The van der Waals surface area contributed by atoms with Crippen LogP contribution in [-0.2, 0) is 9.53 Å². The minimum atomic E-state index is -1.01. The van der Waals surface area contributed by atoms with E-state index in [4.69, 9.17) is 9.84 Å². The molecular weight excluding hydrogens is 306 g/mol. The van der Waals surface area contributed by atoms with E-state index in [1.807, 2.05) is 35.4 Å². The SMILES string of the molecule is CC(OC(=O)C1=C2C=CC=CN2CC=C1)c1cccc(C(=O)O)c1. The fourth-order valence-electron chi connectivity index (χ4n) is 2.64. The molecule has 0 fully saturated rings. The van der Waals surface area contributed by atoms with Gasteiger partial charge in [-0.15, -0.1) is 0 Å². The van der Waals surface area contributed by atoms with Crippen molar-refractivity contribution in [1.82, 2.24) is 4.90 Å². The minimum Gasteiger partial charge on any atom is -0.478 e. The molecule has 1 aromatic rings. The summed E-state index contributed by atoms with van der Waals surface area (Å²) in [6.07, 6.45) is 10.7. The van der Waals surface area contributed by atoms with Crippen molar-refractivity contribution in [2.24, 2.45) is 0 Å². The van der Waals surface area contributed by atoms with Gasteiger partial charge in [0.2, 0.25) is 0 Å². The van der Waals surface area contributed by atoms with Gasteiger partial charge >= 0.3 is 11.9 Å². The van der Waals surface area contributed by atoms with Gasteiger partial charge in [-0.3, -0.25) is 0 Å². The molecule has 0 amide bonds. The first-order chi connectivity index (χ1) is 11.6. The maximum Gasteiger partial charge on any atom is 0.340 e. The Morgan fingerprint density at radius 3 is 2.88 bits per heavy atom. The molecule has 0 bridgehead atoms. The second-order valence-corrected chi connectivity index (χ2v) is 5.53. The Bertz CT molecular complexity index is 801. The van der Waals surface area contributed by atoms with E-state index in [1.165, 1.54) is 12.1 Å². The van der Waals surface area contributed by atoms with Gasteiger partial charge in [-0.1, -0.05) is 24.3 Å². The largest absolute Gasteiger partial charge is 0.478 e. The Hall–Kier alpha value is -3.08. The van der Waals surface area contributed by atoms with Gasteiger partial charge in [0.15, 0.2) is 0 Å². The van der Waals surface area contributed by atoms with Crippen LogP contribution >= 0.6 is 0 Å². The molecule has 2 aliphatic rings. The maximum atomic E-state index is 12.5. The number of carboxylic acids is 1. The molecule has 0 aliphatic carbocycles. The van der Waals surface area contributed by atoms with Crippen LogP contribution in [0.2, 0.25) is 0 Å². The maximum absolute atomic E-state index is 12.5. The molecule has 1 atom stereocenters. The molecule has 1 aromatic carbocycles. The quantitative estimate of drug-likeness (QED) is 0.862. The van der Waals surface area contributed by atoms with Gasteiger partial charge < -0.3 is 14.7 Å². The van der Waals surface area contributed by atoms with Crippen LogP contribution in [0.1, 0.15) is 28.9 Å². The monoisotopic (exact) mass is 323 g/mol. The number of carbonyl (C=O) groups excluding carboxylic acids is 1. The molecule has 0 saturated carbocycles. The normalized spacial score (nSPS) is 16.8. The Labute approximate surface area is 139 Å². The summed E-state index contributed by atoms with van der Waals surface area (Å²) in [4.78, 5) is 25.5. The van der Waals surface area contributed by atoms with E-state index in [1.54, 1.807) is 25.1 Å². The number of carbonyl (C=O) groups is 2. The topological polar surface area (TPSA) is 66.8 Å². The van der Waals surface area contributed by atoms with Gasteiger partial charge in [-0.2, -0.15) is 0 Å². The number of hydrogen-bond donors (Lipinski definition) is 1. The number of rotatable bonds is 4. The lowest BCUT2D eigenvalue weighted by molar-refractivity contribution is -0.143. The van der Waals surface area contributed by atoms with Crippen molar-refractivity contribution in [1.29, 1.82) is 0 Å². The van der Waals surface area contributed by atoms with E-state index >= 15 is 0 Å². The second kappa shape index (κ2) is 6.58. The number of fused-ring (bicyclic) bond motifs is 1. The standard InChI is InChI=1S/C19H17NO4/c1-13(14-6-4-7-15(12-14)18(21)22)24-19(23)16-8-5-11-20-10-3-2-9-17(16)20/h2-10,12-13H,11H2,1H3,(H,21,22). The van der Waals surface area contributed by atoms with Crippen molar-refractivity contribution in [3.05, 3.63) is 83.2 Å². The molecule has 1 N–H and O–H groups in total. The van der Waals surface area contributed by atoms with Gasteiger partial charge in [0.1, 0.15) is 6.10 Å². The Morgan fingerprint density at radius 2 is 2.08 bits per heavy atom. The van der Waals surface area contributed by atoms with Crippen LogP contribution in [0.15, 0.2) is 72.1 Å². The van der Waals surface area contributed by atoms with E-state index in [9.17, 15) is 9.59 Å². The average Bonchev–Trinajstić information content (AvgIpc) is 2.61. The molecule has 0 radical (unpaired) electrons. The number of allylic oxidation sites excluding steroid dienone is 3. The Kier molecular flexibility index (Phi) is 4.33. The van der Waals surface area contributed by atoms with Gasteiger partial charge in [0.05, 0.1) is 16.8 Å². The highest BCUT2D eigenvalue weighted by Gasteiger charge is 2.22. The predicted octanol–water partition coefficient (Wildman–Crippen LogP) is 3.20. The van der Waals surface area contributed by atoms with Crippen LogP contribution in [0.25, 0.3) is 0 Å². The van der Waals surface area contributed by atoms with Crippen molar-refractivity contribution in [3.63, 3.8) is 0 Å². The van der Waals surface area contributed by atoms with Crippen LogP contribution in [0.3, 0.4) is 0 Å². The molecule has 122 valence electrons. The molecule has 2 aliphatic heterocycles. The lowest BCUT2D eigenvalue weighted by Gasteiger charge is -2.27. The van der Waals surface area contributed by atoms with Gasteiger partial charge in [-0.25, -0.2) is 9.59 Å². The Balaban J connectivity index is 1.79. The number of nitrogens with zero attached hydrogens (tertiary/aromatic N) is 1. The van der Waals surface area contributed by atoms with E-state index in [0.717, 1.165) is 5.70 Å². The van der Waals surface area contributed by atoms with E-state index < -0.39 is 18.0 Å². The lowest BCUT2D eigenvalue weighted by atomic mass is 10.1. The van der Waals surface area contributed by atoms with Gasteiger partial charge in [0.25, 0.3) is 0 Å². The molecule has 1 unspecified atom stereocenters. The van der Waals surface area contributed by atoms with Crippen LogP contribution in [0, 0.1) is 0 Å². The van der Waals surface area contributed by atoms with Crippen molar-refractivity contribution < 1.29 is 19.4 Å². The lowest BCUT2D eigenvalue weighted by Crippen LogP contribution is -2.25. The average molecular weight is 323 g/mol. The van der Waals surface area contributed by atoms with Crippen LogP contribution in [0.5, 0.6) is 0 Å². The summed E-state index contributed by atoms with van der Waals surface area (Å²) in [5.74, 6) is -1.44. The smallest absolute Gasteiger partial charge is 0.340 e. The number of benzene rings is 1. The molecule has 0 saturated heterocycles. The summed E-state index contributed by atoms with van der Waals surface area (Å²) < 4.78 is 5.53. The van der Waals surface area contributed by atoms with Crippen molar-refractivity contribution in [3.8, 4) is 0 Å². The summed E-state index contributed by atoms with van der Waals surface area (Å²) in [6.45, 7) is 2.44. The van der Waals surface area contributed by atoms with Crippen LogP contribution in [-0.4, -0.2) is 28.5 Å². The van der Waals surface area contributed by atoms with E-state index in [0.29, 0.717) is 17.7 Å². The first-order valence-corrected chi connectivity index (χ1v) is 7.63. The fourth-order valence-corrected chi connectivity index (χ4v) is 2.64. The molecule has 2 heterocycles. The van der Waals surface area contributed by atoms with Crippen molar-refractivity contribution in [2.75, 3.05) is 6.54 Å². The molecule has 5 nitrogen and oxygen atoms in total. The molecule has 5 heteroatoms. The summed E-state index contributed by atoms with van der Waals surface area (Å²) in [7, 11) is 0. The first kappa shape index (κ1) is 15.8. The summed E-state index contributed by atoms with van der Waals surface area (Å²) in [6, 6.07) is 6.41. The number of aromatic carboxylic acids is 1. The molecule has 0 aromatic heterocycles. The van der Waals surface area contributed by atoms with E-state index in [-0.39, 0.29) is 5.56 Å². The van der Waals surface area contributed by atoms with Crippen LogP contribution in [0.4, 0.5) is 0 Å². The van der Waals surface area contributed by atoms with Gasteiger partial charge in [0, 0.05) is 12.7 Å². The minimum absolute atomic E-state index is 0.168. The van der Waals surface area contributed by atoms with E-state index in [2.05, 4.69) is 0 Å². The fraction of sp³-hybridized carbons (Fsp3) is 0.158. The summed E-state index contributed by atoms with van der Waals surface area (Å²) >= 11 is 0. The number of carboxylic acid groups (broad SMARTS) is 1. The second-order valence-electron chi connectivity index (χ2n) is 5.53. The molecular formula is C19H17NO4. The highest BCUT2D eigenvalue weighted by molar-refractivity contribution is 5.93. The number of esters is 1. The van der Waals surface area contributed by atoms with Crippen LogP contribution < -0.4 is 0 Å². The third-order valence-corrected chi connectivity index (χ3v) is 3.91. The zero-order valence-corrected chi connectivity index (χ0v) is 13.2. The summed E-state index contributed by atoms with van der Waals surface area (Å²) in [5, 5.41) is 9.06. The van der Waals surface area contributed by atoms with Gasteiger partial charge in [-0.05, 0) is 42.8 Å². The molecule has 0 spiro atoms. The van der Waals surface area contributed by atoms with Crippen molar-refractivity contribution >= 4 is 11.9 Å². The Morgan fingerprint density at radius 1 is 1.25 bits per heavy atom. The molecule has 24 heavy (non-hydrogen) atoms. The third kappa shape index (κ3) is 3.15. The first-order valence-electron chi connectivity index (χ1n) is 7.63. The highest BCUT2D eigenvalue weighted by atomic mass is 16.5. The summed E-state index contributed by atoms with van der Waals surface area (Å²) in [5.41, 5.74) is 2.10. The van der Waals surface area contributed by atoms with Crippen molar-refractivity contribution in [2.45, 2.75) is 13.0 Å². The highest BCUT2D eigenvalue weighted by Crippen LogP contribution is 2.25. The molecule has 3 rings (SSSR count). The zero-order valence-electron chi connectivity index (χ0n) is 13.2. The number of hydrogen-bond acceptors (Lipinski definition) is 4. The third-order valence-electron chi connectivity index (χ3n) is 3.91. The number of ether oxygens (including phenoxy) is 1.